The maximum atomic E-state index is 13.9. The molecule has 2 aliphatic carbocycles. The van der Waals surface area contributed by atoms with Crippen molar-refractivity contribution in [2.75, 3.05) is 0 Å². The molecular weight excluding hydrogens is 449 g/mol. The molecule has 0 aliphatic heterocycles. The molecule has 9 heteroatoms. The number of halogens is 2. The van der Waals surface area contributed by atoms with Gasteiger partial charge in [-0.3, -0.25) is 14.4 Å². The van der Waals surface area contributed by atoms with Crippen LogP contribution in [0.15, 0.2) is 24.3 Å². The van der Waals surface area contributed by atoms with Crippen LogP contribution in [0.1, 0.15) is 56.9 Å². The van der Waals surface area contributed by atoms with Crippen molar-refractivity contribution in [2.24, 2.45) is 17.6 Å². The first kappa shape index (κ1) is 25.2. The Kier molecular flexibility index (Phi) is 8.86. The third-order valence-corrected chi connectivity index (χ3v) is 6.57. The predicted octanol–water partition coefficient (Wildman–Crippen LogP) is 2.69. The first-order valence-corrected chi connectivity index (χ1v) is 11.8. The number of carbonyl (C=O) groups excluding carboxylic acids is 3. The first-order chi connectivity index (χ1) is 15.7. The van der Waals surface area contributed by atoms with Crippen LogP contribution < -0.4 is 16.4 Å². The molecule has 2 saturated carbocycles. The topological polar surface area (TPSA) is 122 Å². The highest BCUT2D eigenvalue weighted by Gasteiger charge is 2.34. The molecule has 5 N–H and O–H groups in total. The highest BCUT2D eigenvalue weighted by Crippen LogP contribution is 2.34. The van der Waals surface area contributed by atoms with Crippen LogP contribution in [0.5, 0.6) is 0 Å². The third kappa shape index (κ3) is 7.82. The van der Waals surface area contributed by atoms with Crippen LogP contribution in [0.2, 0.25) is 5.02 Å². The summed E-state index contributed by atoms with van der Waals surface area (Å²) in [7, 11) is 0. The van der Waals surface area contributed by atoms with Crippen LogP contribution in [0.4, 0.5) is 4.39 Å². The van der Waals surface area contributed by atoms with E-state index in [9.17, 15) is 23.9 Å². The summed E-state index contributed by atoms with van der Waals surface area (Å²) in [5.74, 6) is -1.84. The Labute approximate surface area is 197 Å². The first-order valence-electron chi connectivity index (χ1n) is 11.4. The lowest BCUT2D eigenvalue weighted by Crippen LogP contribution is -2.55. The summed E-state index contributed by atoms with van der Waals surface area (Å²) in [5.41, 5.74) is 5.49. The van der Waals surface area contributed by atoms with Gasteiger partial charge in [0.25, 0.3) is 0 Å². The van der Waals surface area contributed by atoms with Crippen molar-refractivity contribution in [1.82, 2.24) is 10.6 Å². The molecule has 0 saturated heterocycles. The van der Waals surface area contributed by atoms with Gasteiger partial charge in [0.2, 0.25) is 17.7 Å². The predicted molar refractivity (Wildman–Crippen MR) is 123 cm³/mol. The van der Waals surface area contributed by atoms with Gasteiger partial charge >= 0.3 is 0 Å². The SMILES string of the molecule is NC(=O)C(O)C(CC1CCCC1)NC(=O)[C@H](CC1CC1)NC(=O)/C=C/c1ccc(Cl)cc1F. The molecule has 3 amide bonds. The van der Waals surface area contributed by atoms with Crippen LogP contribution in [0.25, 0.3) is 6.08 Å². The number of hydrogen-bond donors (Lipinski definition) is 4. The van der Waals surface area contributed by atoms with Crippen molar-refractivity contribution in [3.8, 4) is 0 Å². The van der Waals surface area contributed by atoms with E-state index in [4.69, 9.17) is 17.3 Å². The largest absolute Gasteiger partial charge is 0.381 e. The molecular formula is C24H31ClFN3O4. The number of nitrogens with two attached hydrogens (primary N) is 1. The molecule has 3 rings (SSSR count). The fraction of sp³-hybridized carbons (Fsp3) is 0.542. The fourth-order valence-corrected chi connectivity index (χ4v) is 4.45. The van der Waals surface area contributed by atoms with Gasteiger partial charge in [-0.25, -0.2) is 4.39 Å². The summed E-state index contributed by atoms with van der Waals surface area (Å²) in [5, 5.41) is 15.9. The van der Waals surface area contributed by atoms with Crippen LogP contribution in [-0.2, 0) is 14.4 Å². The maximum Gasteiger partial charge on any atom is 0.248 e. The average molecular weight is 480 g/mol. The van der Waals surface area contributed by atoms with E-state index in [1.54, 1.807) is 0 Å². The molecule has 0 radical (unpaired) electrons. The number of nitrogens with one attached hydrogen (secondary N) is 2. The highest BCUT2D eigenvalue weighted by molar-refractivity contribution is 6.30. The maximum absolute atomic E-state index is 13.9. The van der Waals surface area contributed by atoms with E-state index in [1.165, 1.54) is 18.2 Å². The van der Waals surface area contributed by atoms with Gasteiger partial charge in [0, 0.05) is 16.7 Å². The summed E-state index contributed by atoms with van der Waals surface area (Å²) in [6.07, 6.45) is 7.94. The number of hydrogen-bond acceptors (Lipinski definition) is 4. The van der Waals surface area contributed by atoms with Crippen molar-refractivity contribution >= 4 is 35.4 Å². The van der Waals surface area contributed by atoms with E-state index in [-0.39, 0.29) is 10.6 Å². The smallest absolute Gasteiger partial charge is 0.248 e. The lowest BCUT2D eigenvalue weighted by Gasteiger charge is -2.27. The summed E-state index contributed by atoms with van der Waals surface area (Å²) in [6, 6.07) is 2.47. The summed E-state index contributed by atoms with van der Waals surface area (Å²) in [4.78, 5) is 37.1. The molecule has 2 fully saturated rings. The molecule has 3 atom stereocenters. The number of amides is 3. The molecule has 2 aliphatic rings. The third-order valence-electron chi connectivity index (χ3n) is 6.34. The molecule has 1 aromatic rings. The Hall–Kier alpha value is -2.45. The Morgan fingerprint density at radius 1 is 1.12 bits per heavy atom. The van der Waals surface area contributed by atoms with Gasteiger partial charge in [0.1, 0.15) is 11.9 Å². The Morgan fingerprint density at radius 2 is 1.79 bits per heavy atom. The van der Waals surface area contributed by atoms with E-state index in [0.717, 1.165) is 50.7 Å². The van der Waals surface area contributed by atoms with Gasteiger partial charge in [0.15, 0.2) is 6.10 Å². The molecule has 0 bridgehead atoms. The Balaban J connectivity index is 1.65. The number of aliphatic hydroxyl groups excluding tert-OH is 1. The van der Waals surface area contributed by atoms with Crippen molar-refractivity contribution in [3.63, 3.8) is 0 Å². The second kappa shape index (κ2) is 11.6. The molecule has 2 unspecified atom stereocenters. The number of rotatable bonds is 11. The van der Waals surface area contributed by atoms with Gasteiger partial charge in [-0.15, -0.1) is 0 Å². The van der Waals surface area contributed by atoms with Gasteiger partial charge < -0.3 is 21.5 Å². The zero-order valence-corrected chi connectivity index (χ0v) is 19.2. The van der Waals surface area contributed by atoms with Gasteiger partial charge in [0.05, 0.1) is 6.04 Å². The van der Waals surface area contributed by atoms with E-state index in [0.29, 0.717) is 24.7 Å². The van der Waals surface area contributed by atoms with E-state index in [1.807, 2.05) is 0 Å². The Morgan fingerprint density at radius 3 is 2.39 bits per heavy atom. The zero-order valence-electron chi connectivity index (χ0n) is 18.4. The van der Waals surface area contributed by atoms with Crippen LogP contribution >= 0.6 is 11.6 Å². The minimum absolute atomic E-state index is 0.193. The molecule has 33 heavy (non-hydrogen) atoms. The molecule has 0 aromatic heterocycles. The summed E-state index contributed by atoms with van der Waals surface area (Å²) >= 11 is 5.74. The van der Waals surface area contributed by atoms with Crippen molar-refractivity contribution in [2.45, 2.75) is 69.6 Å². The average Bonchev–Trinajstić information content (AvgIpc) is 3.43. The Bertz CT molecular complexity index is 900. The fourth-order valence-electron chi connectivity index (χ4n) is 4.29. The summed E-state index contributed by atoms with van der Waals surface area (Å²) in [6.45, 7) is 0. The van der Waals surface area contributed by atoms with Crippen molar-refractivity contribution < 1.29 is 23.9 Å². The van der Waals surface area contributed by atoms with Gasteiger partial charge in [-0.1, -0.05) is 56.2 Å². The minimum atomic E-state index is -1.50. The van der Waals surface area contributed by atoms with Gasteiger partial charge in [-0.2, -0.15) is 0 Å². The quantitative estimate of drug-likeness (QED) is 0.364. The second-order valence-corrected chi connectivity index (χ2v) is 9.52. The molecule has 0 spiro atoms. The monoisotopic (exact) mass is 479 g/mol. The van der Waals surface area contributed by atoms with Crippen LogP contribution in [-0.4, -0.2) is 41.0 Å². The van der Waals surface area contributed by atoms with Crippen LogP contribution in [0, 0.1) is 17.7 Å². The minimum Gasteiger partial charge on any atom is -0.381 e. The number of aliphatic hydroxyl groups is 1. The van der Waals surface area contributed by atoms with E-state index >= 15 is 0 Å². The second-order valence-electron chi connectivity index (χ2n) is 9.09. The number of primary amides is 1. The van der Waals surface area contributed by atoms with Crippen molar-refractivity contribution in [3.05, 3.63) is 40.7 Å². The highest BCUT2D eigenvalue weighted by atomic mass is 35.5. The number of benzene rings is 1. The summed E-state index contributed by atoms with van der Waals surface area (Å²) < 4.78 is 13.9. The normalized spacial score (nSPS) is 19.2. The zero-order chi connectivity index (χ0) is 24.0. The molecule has 0 heterocycles. The van der Waals surface area contributed by atoms with Crippen LogP contribution in [0.3, 0.4) is 0 Å². The molecule has 1 aromatic carbocycles. The standard InChI is InChI=1S/C24H31ClFN3O4/c25-17-9-7-16(18(26)13-17)8-10-21(30)28-20(12-15-5-6-15)24(33)29-19(22(31)23(27)32)11-14-3-1-2-4-14/h7-10,13-15,19-20,22,31H,1-6,11-12H2,(H2,27,32)(H,28,30)(H,29,33)/b10-8+/t19?,20-,22?/m0/s1. The lowest BCUT2D eigenvalue weighted by molar-refractivity contribution is -0.132. The van der Waals surface area contributed by atoms with Gasteiger partial charge in [-0.05, 0) is 42.9 Å². The number of carbonyl (C=O) groups is 3. The molecule has 7 nitrogen and oxygen atoms in total. The van der Waals surface area contributed by atoms with E-state index in [2.05, 4.69) is 10.6 Å². The van der Waals surface area contributed by atoms with E-state index < -0.39 is 41.7 Å². The molecule has 180 valence electrons. The van der Waals surface area contributed by atoms with Crippen molar-refractivity contribution in [1.29, 1.82) is 0 Å². The lowest BCUT2D eigenvalue weighted by atomic mass is 9.94.